The normalized spacial score (nSPS) is 27.2. The van der Waals surface area contributed by atoms with Gasteiger partial charge in [0.2, 0.25) is 5.90 Å². The molecule has 1 N–H and O–H groups in total. The van der Waals surface area contributed by atoms with Crippen molar-refractivity contribution in [2.24, 2.45) is 4.99 Å². The number of aliphatic hydroxyl groups is 1. The van der Waals surface area contributed by atoms with E-state index in [0.717, 1.165) is 0 Å². The van der Waals surface area contributed by atoms with Crippen LogP contribution in [0.2, 0.25) is 0 Å². The maximum absolute atomic E-state index is 8.43. The monoisotopic (exact) mass is 115 g/mol. The predicted molar refractivity (Wildman–Crippen MR) is 29.9 cm³/mol. The largest absolute Gasteiger partial charge is 0.477 e. The summed E-state index contributed by atoms with van der Waals surface area (Å²) in [6, 6.07) is 0.233. The van der Waals surface area contributed by atoms with Gasteiger partial charge in [-0.15, -0.1) is 0 Å². The Labute approximate surface area is 48.0 Å². The van der Waals surface area contributed by atoms with Crippen LogP contribution in [0.1, 0.15) is 6.92 Å². The van der Waals surface area contributed by atoms with Gasteiger partial charge in [0.05, 0.1) is 6.04 Å². The van der Waals surface area contributed by atoms with Gasteiger partial charge in [-0.25, -0.2) is 4.99 Å². The zero-order valence-corrected chi connectivity index (χ0v) is 4.79. The highest BCUT2D eigenvalue weighted by molar-refractivity contribution is 5.78. The molecule has 46 valence electrons. The Morgan fingerprint density at radius 1 is 2.00 bits per heavy atom. The lowest BCUT2D eigenvalue weighted by atomic mass is 10.4. The van der Waals surface area contributed by atoms with E-state index >= 15 is 0 Å². The number of aliphatic imine (C=N–C) groups is 1. The van der Waals surface area contributed by atoms with Crippen LogP contribution >= 0.6 is 0 Å². The minimum Gasteiger partial charge on any atom is -0.477 e. The molecule has 0 saturated heterocycles. The van der Waals surface area contributed by atoms with Crippen LogP contribution in [0, 0.1) is 0 Å². The van der Waals surface area contributed by atoms with E-state index in [1.54, 1.807) is 0 Å². The lowest BCUT2D eigenvalue weighted by Gasteiger charge is -1.92. The fourth-order valence-electron chi connectivity index (χ4n) is 0.624. The van der Waals surface area contributed by atoms with Crippen LogP contribution in [0.15, 0.2) is 4.99 Å². The Hall–Kier alpha value is -0.570. The molecule has 0 amide bonds. The third-order valence-corrected chi connectivity index (χ3v) is 0.991. The minimum atomic E-state index is -0.0651. The number of nitrogens with zero attached hydrogens (tertiary/aromatic N) is 1. The van der Waals surface area contributed by atoms with Crippen molar-refractivity contribution in [3.05, 3.63) is 0 Å². The summed E-state index contributed by atoms with van der Waals surface area (Å²) in [6.45, 7) is 2.50. The first kappa shape index (κ1) is 5.56. The number of rotatable bonds is 1. The molecule has 1 rings (SSSR count). The standard InChI is InChI=1S/C5H9NO2/c1-4-3-8-5(2-7)6-4/h4,7H,2-3H2,1H3/t4-/m1/s1. The zero-order chi connectivity index (χ0) is 5.98. The molecule has 1 aliphatic rings. The van der Waals surface area contributed by atoms with Crippen LogP contribution in [0.5, 0.6) is 0 Å². The van der Waals surface area contributed by atoms with Crippen LogP contribution in [-0.4, -0.2) is 30.3 Å². The average Bonchev–Trinajstić information content (AvgIpc) is 2.14. The van der Waals surface area contributed by atoms with Crippen molar-refractivity contribution in [1.82, 2.24) is 0 Å². The van der Waals surface area contributed by atoms with Crippen LogP contribution in [0.3, 0.4) is 0 Å². The quantitative estimate of drug-likeness (QED) is 0.514. The zero-order valence-electron chi connectivity index (χ0n) is 4.79. The van der Waals surface area contributed by atoms with E-state index in [0.29, 0.717) is 12.5 Å². The van der Waals surface area contributed by atoms with E-state index < -0.39 is 0 Å². The molecule has 0 aromatic rings. The fourth-order valence-corrected chi connectivity index (χ4v) is 0.624. The molecule has 0 fully saturated rings. The molecule has 0 aliphatic carbocycles. The lowest BCUT2D eigenvalue weighted by molar-refractivity contribution is 0.272. The Kier molecular flexibility index (Phi) is 1.48. The van der Waals surface area contributed by atoms with Gasteiger partial charge in [-0.05, 0) is 6.92 Å². The molecule has 1 aliphatic heterocycles. The molecular formula is C5H9NO2. The highest BCUT2D eigenvalue weighted by Crippen LogP contribution is 2.01. The SMILES string of the molecule is C[C@@H]1COC(CO)=N1. The van der Waals surface area contributed by atoms with E-state index in [-0.39, 0.29) is 12.6 Å². The second-order valence-electron chi connectivity index (χ2n) is 1.84. The third kappa shape index (κ3) is 0.980. The summed E-state index contributed by atoms with van der Waals surface area (Å²) >= 11 is 0. The molecule has 0 spiro atoms. The molecule has 1 atom stereocenters. The summed E-state index contributed by atoms with van der Waals surface area (Å²) in [5.41, 5.74) is 0. The van der Waals surface area contributed by atoms with Gasteiger partial charge in [0.25, 0.3) is 0 Å². The van der Waals surface area contributed by atoms with Gasteiger partial charge >= 0.3 is 0 Å². The molecule has 0 bridgehead atoms. The smallest absolute Gasteiger partial charge is 0.210 e. The Morgan fingerprint density at radius 3 is 3.00 bits per heavy atom. The van der Waals surface area contributed by atoms with E-state index in [1.165, 1.54) is 0 Å². The molecule has 0 aromatic carbocycles. The maximum Gasteiger partial charge on any atom is 0.210 e. The van der Waals surface area contributed by atoms with Gasteiger partial charge in [0.15, 0.2) is 0 Å². The van der Waals surface area contributed by atoms with E-state index in [1.807, 2.05) is 6.92 Å². The second kappa shape index (κ2) is 2.13. The molecule has 3 heteroatoms. The van der Waals surface area contributed by atoms with Gasteiger partial charge in [-0.2, -0.15) is 0 Å². The Morgan fingerprint density at radius 2 is 2.75 bits per heavy atom. The summed E-state index contributed by atoms with van der Waals surface area (Å²) in [6.07, 6.45) is 0. The van der Waals surface area contributed by atoms with Crippen molar-refractivity contribution in [2.45, 2.75) is 13.0 Å². The summed E-state index contributed by atoms with van der Waals surface area (Å²) in [5.74, 6) is 0.470. The molecule has 0 radical (unpaired) electrons. The van der Waals surface area contributed by atoms with E-state index in [9.17, 15) is 0 Å². The molecule has 8 heavy (non-hydrogen) atoms. The van der Waals surface area contributed by atoms with Crippen molar-refractivity contribution in [1.29, 1.82) is 0 Å². The number of hydrogen-bond donors (Lipinski definition) is 1. The first-order chi connectivity index (χ1) is 3.83. The number of hydrogen-bond acceptors (Lipinski definition) is 3. The van der Waals surface area contributed by atoms with Crippen molar-refractivity contribution in [3.8, 4) is 0 Å². The third-order valence-electron chi connectivity index (χ3n) is 0.991. The van der Waals surface area contributed by atoms with Gasteiger partial charge in [-0.3, -0.25) is 0 Å². The first-order valence-electron chi connectivity index (χ1n) is 2.63. The minimum absolute atomic E-state index is 0.0651. The van der Waals surface area contributed by atoms with Crippen LogP contribution < -0.4 is 0 Å². The summed E-state index contributed by atoms with van der Waals surface area (Å²) in [5, 5.41) is 8.43. The van der Waals surface area contributed by atoms with E-state index in [4.69, 9.17) is 9.84 Å². The number of ether oxygens (including phenoxy) is 1. The topological polar surface area (TPSA) is 41.8 Å². The lowest BCUT2D eigenvalue weighted by Crippen LogP contribution is -2.03. The summed E-state index contributed by atoms with van der Waals surface area (Å²) < 4.78 is 4.91. The second-order valence-corrected chi connectivity index (χ2v) is 1.84. The van der Waals surface area contributed by atoms with Gasteiger partial charge in [0.1, 0.15) is 13.2 Å². The average molecular weight is 115 g/mol. The molecule has 0 aromatic heterocycles. The van der Waals surface area contributed by atoms with Crippen LogP contribution in [-0.2, 0) is 4.74 Å². The molecular weight excluding hydrogens is 106 g/mol. The molecule has 3 nitrogen and oxygen atoms in total. The van der Waals surface area contributed by atoms with Crippen molar-refractivity contribution in [3.63, 3.8) is 0 Å². The first-order valence-corrected chi connectivity index (χ1v) is 2.63. The van der Waals surface area contributed by atoms with E-state index in [2.05, 4.69) is 4.99 Å². The number of aliphatic hydroxyl groups excluding tert-OH is 1. The van der Waals surface area contributed by atoms with Crippen molar-refractivity contribution in [2.75, 3.05) is 13.2 Å². The van der Waals surface area contributed by atoms with Crippen molar-refractivity contribution < 1.29 is 9.84 Å². The Bertz CT molecular complexity index is 111. The van der Waals surface area contributed by atoms with Crippen LogP contribution in [0.25, 0.3) is 0 Å². The molecule has 1 heterocycles. The molecule has 0 unspecified atom stereocenters. The summed E-state index contributed by atoms with van der Waals surface area (Å²) in [7, 11) is 0. The molecule has 0 saturated carbocycles. The predicted octanol–water partition coefficient (Wildman–Crippen LogP) is -0.204. The highest BCUT2D eigenvalue weighted by Gasteiger charge is 2.11. The van der Waals surface area contributed by atoms with Gasteiger partial charge in [-0.1, -0.05) is 0 Å². The fraction of sp³-hybridized carbons (Fsp3) is 0.800. The highest BCUT2D eigenvalue weighted by atomic mass is 16.5. The van der Waals surface area contributed by atoms with Gasteiger partial charge in [0, 0.05) is 0 Å². The Balaban J connectivity index is 2.44. The van der Waals surface area contributed by atoms with Crippen molar-refractivity contribution >= 4 is 5.90 Å². The maximum atomic E-state index is 8.43. The summed E-state index contributed by atoms with van der Waals surface area (Å²) in [4.78, 5) is 3.95. The van der Waals surface area contributed by atoms with Gasteiger partial charge < -0.3 is 9.84 Å². The van der Waals surface area contributed by atoms with Crippen LogP contribution in [0.4, 0.5) is 0 Å².